The van der Waals surface area contributed by atoms with Gasteiger partial charge in [0.25, 0.3) is 5.91 Å². The van der Waals surface area contributed by atoms with E-state index in [1.54, 1.807) is 17.0 Å². The molecule has 1 heterocycles. The number of hydrogen-bond donors (Lipinski definition) is 2. The van der Waals surface area contributed by atoms with Crippen molar-refractivity contribution in [3.05, 3.63) is 58.1 Å². The number of nitrogens with one attached hydrogen (secondary N) is 1. The molecule has 1 atom stereocenters. The SMILES string of the molecule is CC(NC(N)=NCCCN1C(=O)COc2ccccc21)c1ccc(Cl)cc1Cl. The number of para-hydroxylation sites is 2. The quantitative estimate of drug-likeness (QED) is 0.423. The molecule has 0 aromatic heterocycles. The Balaban J connectivity index is 1.53. The van der Waals surface area contributed by atoms with E-state index in [1.807, 2.05) is 37.3 Å². The van der Waals surface area contributed by atoms with E-state index in [4.69, 9.17) is 33.7 Å². The third kappa shape index (κ3) is 4.88. The normalized spacial score (nSPS) is 15.0. The highest BCUT2D eigenvalue weighted by Crippen LogP contribution is 2.31. The maximum atomic E-state index is 12.1. The summed E-state index contributed by atoms with van der Waals surface area (Å²) >= 11 is 12.2. The number of anilines is 1. The van der Waals surface area contributed by atoms with Crippen LogP contribution in [0.5, 0.6) is 5.75 Å². The zero-order valence-electron chi connectivity index (χ0n) is 15.5. The second kappa shape index (κ2) is 9.17. The number of amides is 1. The number of benzene rings is 2. The standard InChI is InChI=1S/C20H22Cl2N4O2/c1-13(15-8-7-14(21)11-16(15)22)25-20(23)24-9-4-10-26-17-5-2-3-6-18(17)28-12-19(26)27/h2-3,5-8,11,13H,4,9-10,12H2,1H3,(H3,23,24,25). The molecule has 28 heavy (non-hydrogen) atoms. The van der Waals surface area contributed by atoms with Crippen molar-refractivity contribution in [2.24, 2.45) is 10.7 Å². The van der Waals surface area contributed by atoms with Gasteiger partial charge in [0.05, 0.1) is 11.7 Å². The zero-order chi connectivity index (χ0) is 20.1. The van der Waals surface area contributed by atoms with Crippen molar-refractivity contribution in [2.45, 2.75) is 19.4 Å². The third-order valence-corrected chi connectivity index (χ3v) is 4.99. The molecular formula is C20H22Cl2N4O2. The topological polar surface area (TPSA) is 80.0 Å². The summed E-state index contributed by atoms with van der Waals surface area (Å²) in [6.45, 7) is 3.05. The van der Waals surface area contributed by atoms with E-state index in [-0.39, 0.29) is 18.6 Å². The van der Waals surface area contributed by atoms with E-state index in [1.165, 1.54) is 0 Å². The number of nitrogens with zero attached hydrogens (tertiary/aromatic N) is 2. The van der Waals surface area contributed by atoms with Crippen LogP contribution in [0.2, 0.25) is 10.0 Å². The lowest BCUT2D eigenvalue weighted by molar-refractivity contribution is -0.121. The van der Waals surface area contributed by atoms with Crippen LogP contribution in [-0.4, -0.2) is 31.6 Å². The fraction of sp³-hybridized carbons (Fsp3) is 0.300. The second-order valence-corrected chi connectivity index (χ2v) is 7.30. The maximum absolute atomic E-state index is 12.1. The van der Waals surface area contributed by atoms with E-state index >= 15 is 0 Å². The maximum Gasteiger partial charge on any atom is 0.265 e. The summed E-state index contributed by atoms with van der Waals surface area (Å²) in [7, 11) is 0. The van der Waals surface area contributed by atoms with E-state index < -0.39 is 0 Å². The van der Waals surface area contributed by atoms with Crippen LogP contribution in [0.3, 0.4) is 0 Å². The molecule has 1 aliphatic rings. The monoisotopic (exact) mass is 420 g/mol. The smallest absolute Gasteiger partial charge is 0.265 e. The lowest BCUT2D eigenvalue weighted by Crippen LogP contribution is -2.39. The van der Waals surface area contributed by atoms with Crippen LogP contribution in [0.4, 0.5) is 5.69 Å². The molecule has 2 aromatic carbocycles. The Hall–Kier alpha value is -2.44. The average Bonchev–Trinajstić information content (AvgIpc) is 2.66. The molecule has 0 spiro atoms. The van der Waals surface area contributed by atoms with Crippen molar-refractivity contribution >= 4 is 40.8 Å². The summed E-state index contributed by atoms with van der Waals surface area (Å²) in [6.07, 6.45) is 0.679. The molecule has 2 aromatic rings. The van der Waals surface area contributed by atoms with Gasteiger partial charge in [0.15, 0.2) is 12.6 Å². The van der Waals surface area contributed by atoms with E-state index in [9.17, 15) is 4.79 Å². The first kappa shape index (κ1) is 20.3. The molecule has 8 heteroatoms. The molecule has 1 aliphatic heterocycles. The van der Waals surface area contributed by atoms with E-state index in [0.29, 0.717) is 35.5 Å². The summed E-state index contributed by atoms with van der Waals surface area (Å²) in [5.74, 6) is 0.993. The van der Waals surface area contributed by atoms with Crippen LogP contribution < -0.4 is 20.7 Å². The van der Waals surface area contributed by atoms with Gasteiger partial charge in [0.2, 0.25) is 0 Å². The van der Waals surface area contributed by atoms with Gasteiger partial charge >= 0.3 is 0 Å². The number of fused-ring (bicyclic) bond motifs is 1. The first-order valence-corrected chi connectivity index (χ1v) is 9.75. The molecule has 3 rings (SSSR count). The lowest BCUT2D eigenvalue weighted by atomic mass is 10.1. The second-order valence-electron chi connectivity index (χ2n) is 6.45. The van der Waals surface area contributed by atoms with Crippen LogP contribution in [0.1, 0.15) is 24.9 Å². The number of carbonyl (C=O) groups is 1. The summed E-state index contributed by atoms with van der Waals surface area (Å²) < 4.78 is 5.45. The van der Waals surface area contributed by atoms with Gasteiger partial charge in [-0.2, -0.15) is 0 Å². The Labute approximate surface area is 174 Å². The summed E-state index contributed by atoms with van der Waals surface area (Å²) in [4.78, 5) is 18.2. The van der Waals surface area contributed by atoms with E-state index in [2.05, 4.69) is 10.3 Å². The van der Waals surface area contributed by atoms with Crippen molar-refractivity contribution in [3.63, 3.8) is 0 Å². The largest absolute Gasteiger partial charge is 0.482 e. The van der Waals surface area contributed by atoms with Gasteiger partial charge in [0, 0.05) is 23.1 Å². The van der Waals surface area contributed by atoms with Gasteiger partial charge < -0.3 is 20.7 Å². The van der Waals surface area contributed by atoms with Crippen LogP contribution in [0, 0.1) is 0 Å². The molecule has 0 aliphatic carbocycles. The molecule has 0 radical (unpaired) electrons. The van der Waals surface area contributed by atoms with Crippen molar-refractivity contribution in [1.82, 2.24) is 5.32 Å². The van der Waals surface area contributed by atoms with E-state index in [0.717, 1.165) is 17.0 Å². The van der Waals surface area contributed by atoms with Gasteiger partial charge in [-0.25, -0.2) is 0 Å². The number of rotatable bonds is 6. The van der Waals surface area contributed by atoms with Gasteiger partial charge in [-0.1, -0.05) is 41.4 Å². The Bertz CT molecular complexity index is 888. The molecule has 1 amide bonds. The zero-order valence-corrected chi connectivity index (χ0v) is 17.0. The fourth-order valence-corrected chi connectivity index (χ4v) is 3.60. The van der Waals surface area contributed by atoms with Gasteiger partial charge in [-0.05, 0) is 43.2 Å². The Kier molecular flexibility index (Phi) is 6.65. The number of carbonyl (C=O) groups excluding carboxylic acids is 1. The third-order valence-electron chi connectivity index (χ3n) is 4.42. The molecule has 0 saturated carbocycles. The predicted octanol–water partition coefficient (Wildman–Crippen LogP) is 3.77. The minimum atomic E-state index is -0.110. The van der Waals surface area contributed by atoms with Crippen molar-refractivity contribution < 1.29 is 9.53 Å². The molecule has 3 N–H and O–H groups in total. The van der Waals surface area contributed by atoms with Crippen LogP contribution >= 0.6 is 23.2 Å². The van der Waals surface area contributed by atoms with Crippen LogP contribution in [0.25, 0.3) is 0 Å². The van der Waals surface area contributed by atoms with Crippen molar-refractivity contribution in [1.29, 1.82) is 0 Å². The molecule has 0 saturated heterocycles. The number of nitrogens with two attached hydrogens (primary N) is 1. The number of halogens is 2. The highest BCUT2D eigenvalue weighted by Gasteiger charge is 2.24. The summed E-state index contributed by atoms with van der Waals surface area (Å²) in [6, 6.07) is 12.7. The molecular weight excluding hydrogens is 399 g/mol. The number of ether oxygens (including phenoxy) is 1. The molecule has 0 fully saturated rings. The number of guanidine groups is 1. The highest BCUT2D eigenvalue weighted by atomic mass is 35.5. The summed E-state index contributed by atoms with van der Waals surface area (Å²) in [5.41, 5.74) is 7.66. The average molecular weight is 421 g/mol. The first-order valence-electron chi connectivity index (χ1n) is 8.99. The Morgan fingerprint density at radius 3 is 2.89 bits per heavy atom. The first-order chi connectivity index (χ1) is 13.5. The fourth-order valence-electron chi connectivity index (χ4n) is 3.03. The van der Waals surface area contributed by atoms with Crippen LogP contribution in [0.15, 0.2) is 47.5 Å². The number of aliphatic imine (C=N–C) groups is 1. The van der Waals surface area contributed by atoms with Crippen molar-refractivity contribution in [2.75, 3.05) is 24.6 Å². The van der Waals surface area contributed by atoms with Gasteiger partial charge in [0.1, 0.15) is 5.75 Å². The highest BCUT2D eigenvalue weighted by molar-refractivity contribution is 6.35. The number of hydrogen-bond acceptors (Lipinski definition) is 3. The molecule has 0 bridgehead atoms. The van der Waals surface area contributed by atoms with Gasteiger partial charge in [-0.15, -0.1) is 0 Å². The van der Waals surface area contributed by atoms with Crippen molar-refractivity contribution in [3.8, 4) is 5.75 Å². The molecule has 6 nitrogen and oxygen atoms in total. The Morgan fingerprint density at radius 2 is 2.11 bits per heavy atom. The Morgan fingerprint density at radius 1 is 1.32 bits per heavy atom. The lowest BCUT2D eigenvalue weighted by Gasteiger charge is -2.29. The van der Waals surface area contributed by atoms with Crippen LogP contribution in [-0.2, 0) is 4.79 Å². The minimum Gasteiger partial charge on any atom is -0.482 e. The minimum absolute atomic E-state index is 0.0558. The molecule has 148 valence electrons. The molecule has 1 unspecified atom stereocenters. The summed E-state index contributed by atoms with van der Waals surface area (Å²) in [5, 5.41) is 4.28. The predicted molar refractivity (Wildman–Crippen MR) is 113 cm³/mol. The van der Waals surface area contributed by atoms with Gasteiger partial charge in [-0.3, -0.25) is 9.79 Å².